The number of aromatic nitrogens is 2. The van der Waals surface area contributed by atoms with Crippen molar-refractivity contribution in [2.75, 3.05) is 0 Å². The van der Waals surface area contributed by atoms with Crippen LogP contribution in [-0.2, 0) is 4.79 Å². The minimum atomic E-state index is -0.389. The fourth-order valence-electron chi connectivity index (χ4n) is 1.09. The van der Waals surface area contributed by atoms with Gasteiger partial charge in [-0.3, -0.25) is 14.7 Å². The topological polar surface area (TPSA) is 90.1 Å². The van der Waals surface area contributed by atoms with E-state index in [-0.39, 0.29) is 16.9 Å². The molecule has 94 valence electrons. The van der Waals surface area contributed by atoms with Gasteiger partial charge in [-0.05, 0) is 34.6 Å². The maximum atomic E-state index is 10.9. The van der Waals surface area contributed by atoms with Crippen LogP contribution in [0.25, 0.3) is 0 Å². The number of aryl methyl sites for hydroxylation is 1. The van der Waals surface area contributed by atoms with E-state index in [0.717, 1.165) is 17.0 Å². The summed E-state index contributed by atoms with van der Waals surface area (Å²) in [6.45, 7) is 9.19. The van der Waals surface area contributed by atoms with Gasteiger partial charge in [0.15, 0.2) is 0 Å². The van der Waals surface area contributed by atoms with Crippen LogP contribution >= 0.6 is 0 Å². The number of hydrogen-bond donors (Lipinski definition) is 3. The van der Waals surface area contributed by atoms with Gasteiger partial charge in [0.25, 0.3) is 11.5 Å². The Bertz CT molecular complexity index is 508. The largest absolute Gasteiger partial charge is 0.302 e. The minimum absolute atomic E-state index is 0.0139. The number of nitrogens with one attached hydrogen (secondary N) is 3. The highest BCUT2D eigenvalue weighted by molar-refractivity contribution is 6.10. The van der Waals surface area contributed by atoms with Crippen molar-refractivity contribution < 1.29 is 4.79 Å². The molecule has 2 rings (SSSR count). The fourth-order valence-corrected chi connectivity index (χ4v) is 1.09. The first-order valence-corrected chi connectivity index (χ1v) is 5.36. The fraction of sp³-hybridized carbons (Fsp3) is 0.545. The molecule has 1 aliphatic heterocycles. The molecule has 0 atom stereocenters. The molecule has 6 nitrogen and oxygen atoms in total. The Morgan fingerprint density at radius 1 is 1.06 bits per heavy atom. The molecule has 0 radical (unpaired) electrons. The summed E-state index contributed by atoms with van der Waals surface area (Å²) in [5.41, 5.74) is 4.53. The van der Waals surface area contributed by atoms with Crippen LogP contribution in [-0.4, -0.2) is 21.8 Å². The monoisotopic (exact) mass is 238 g/mol. The molecule has 6 heteroatoms. The molecule has 0 fully saturated rings. The van der Waals surface area contributed by atoms with Crippen molar-refractivity contribution >= 4 is 11.6 Å². The van der Waals surface area contributed by atoms with Crippen molar-refractivity contribution in [1.82, 2.24) is 15.6 Å². The van der Waals surface area contributed by atoms with Gasteiger partial charge < -0.3 is 5.10 Å². The molecule has 17 heavy (non-hydrogen) atoms. The molecular formula is C11H18N4O2. The van der Waals surface area contributed by atoms with E-state index in [9.17, 15) is 9.59 Å². The van der Waals surface area contributed by atoms with Crippen LogP contribution in [0.1, 0.15) is 32.0 Å². The van der Waals surface area contributed by atoms with Crippen molar-refractivity contribution in [3.63, 3.8) is 0 Å². The molecule has 1 aliphatic rings. The zero-order chi connectivity index (χ0) is 13.2. The molecule has 1 amide bonds. The summed E-state index contributed by atoms with van der Waals surface area (Å²) in [5.74, 6) is -0.0139. The number of H-pyrrole nitrogens is 2. The van der Waals surface area contributed by atoms with Gasteiger partial charge in [0.1, 0.15) is 0 Å². The highest BCUT2D eigenvalue weighted by Gasteiger charge is 2.35. The molecule has 0 bridgehead atoms. The highest BCUT2D eigenvalue weighted by atomic mass is 16.2. The quantitative estimate of drug-likeness (QED) is 0.625. The lowest BCUT2D eigenvalue weighted by Gasteiger charge is -2.12. The van der Waals surface area contributed by atoms with E-state index in [1.54, 1.807) is 6.92 Å². The normalized spacial score (nSPS) is 17.0. The van der Waals surface area contributed by atoms with Crippen LogP contribution in [0.15, 0.2) is 9.90 Å². The lowest BCUT2D eigenvalue weighted by molar-refractivity contribution is -0.125. The molecular weight excluding hydrogens is 220 g/mol. The average molecular weight is 238 g/mol. The van der Waals surface area contributed by atoms with Crippen LogP contribution in [0.5, 0.6) is 0 Å². The van der Waals surface area contributed by atoms with Crippen molar-refractivity contribution in [2.45, 2.75) is 34.6 Å². The summed E-state index contributed by atoms with van der Waals surface area (Å²) in [5, 5.41) is 8.94. The summed E-state index contributed by atoms with van der Waals surface area (Å²) < 4.78 is 0. The molecule has 0 unspecified atom stereocenters. The summed E-state index contributed by atoms with van der Waals surface area (Å²) in [6.07, 6.45) is 0. The standard InChI is InChI=1S/C6H10N2O.C5H8N2O/c1-4-6(2,3)5(9)8-7-4;1-3-4(2)6-7-5(3)8/h1-3H3,(H,8,9);1-2H3,(H2,6,7,8). The van der Waals surface area contributed by atoms with Crippen molar-refractivity contribution in [1.29, 1.82) is 0 Å². The third-order valence-corrected chi connectivity index (χ3v) is 3.06. The van der Waals surface area contributed by atoms with E-state index >= 15 is 0 Å². The van der Waals surface area contributed by atoms with Gasteiger partial charge in [-0.25, -0.2) is 5.43 Å². The first-order valence-electron chi connectivity index (χ1n) is 5.36. The van der Waals surface area contributed by atoms with E-state index < -0.39 is 0 Å². The predicted molar refractivity (Wildman–Crippen MR) is 65.9 cm³/mol. The molecule has 1 aromatic heterocycles. The number of hydrazone groups is 1. The van der Waals surface area contributed by atoms with E-state index in [1.165, 1.54) is 0 Å². The third kappa shape index (κ3) is 2.64. The zero-order valence-electron chi connectivity index (χ0n) is 10.8. The molecule has 0 spiro atoms. The third-order valence-electron chi connectivity index (χ3n) is 3.06. The molecule has 0 saturated carbocycles. The van der Waals surface area contributed by atoms with E-state index in [0.29, 0.717) is 0 Å². The summed E-state index contributed by atoms with van der Waals surface area (Å²) >= 11 is 0. The van der Waals surface area contributed by atoms with Crippen LogP contribution in [0, 0.1) is 19.3 Å². The van der Waals surface area contributed by atoms with Gasteiger partial charge in [0.2, 0.25) is 0 Å². The number of carbonyl (C=O) groups is 1. The van der Waals surface area contributed by atoms with Gasteiger partial charge >= 0.3 is 0 Å². The Hall–Kier alpha value is -1.85. The molecule has 0 aromatic carbocycles. The number of nitrogens with zero attached hydrogens (tertiary/aromatic N) is 1. The Balaban J connectivity index is 0.000000171. The maximum absolute atomic E-state index is 10.9. The lowest BCUT2D eigenvalue weighted by Crippen LogP contribution is -2.30. The predicted octanol–water partition coefficient (Wildman–Crippen LogP) is 0.838. The number of hydrogen-bond acceptors (Lipinski definition) is 3. The first kappa shape index (κ1) is 13.2. The number of carbonyl (C=O) groups excluding carboxylic acids is 1. The van der Waals surface area contributed by atoms with Gasteiger partial charge in [0, 0.05) is 11.3 Å². The summed E-state index contributed by atoms with van der Waals surface area (Å²) in [4.78, 5) is 21.4. The molecule has 0 saturated heterocycles. The smallest absolute Gasteiger partial charge is 0.267 e. The Kier molecular flexibility index (Phi) is 3.55. The Morgan fingerprint density at radius 2 is 1.65 bits per heavy atom. The summed E-state index contributed by atoms with van der Waals surface area (Å²) in [7, 11) is 0. The van der Waals surface area contributed by atoms with E-state index in [4.69, 9.17) is 0 Å². The van der Waals surface area contributed by atoms with E-state index in [2.05, 4.69) is 20.7 Å². The number of aromatic amines is 2. The van der Waals surface area contributed by atoms with E-state index in [1.807, 2.05) is 27.7 Å². The van der Waals surface area contributed by atoms with Crippen molar-refractivity contribution in [3.8, 4) is 0 Å². The highest BCUT2D eigenvalue weighted by Crippen LogP contribution is 2.21. The zero-order valence-corrected chi connectivity index (χ0v) is 10.8. The molecule has 3 N–H and O–H groups in total. The second-order valence-electron chi connectivity index (χ2n) is 4.59. The van der Waals surface area contributed by atoms with Crippen LogP contribution in [0.3, 0.4) is 0 Å². The van der Waals surface area contributed by atoms with Crippen molar-refractivity contribution in [3.05, 3.63) is 21.6 Å². The average Bonchev–Trinajstić information content (AvgIpc) is 2.68. The SMILES string of the molecule is CC1=NNC(=O)C1(C)C.Cc1[nH][nH]c(=O)c1C. The van der Waals surface area contributed by atoms with Crippen LogP contribution < -0.4 is 11.0 Å². The maximum Gasteiger partial charge on any atom is 0.267 e. The lowest BCUT2D eigenvalue weighted by atomic mass is 9.89. The van der Waals surface area contributed by atoms with Crippen molar-refractivity contribution in [2.24, 2.45) is 10.5 Å². The minimum Gasteiger partial charge on any atom is -0.302 e. The Morgan fingerprint density at radius 3 is 1.76 bits per heavy atom. The van der Waals surface area contributed by atoms with Gasteiger partial charge in [0.05, 0.1) is 11.1 Å². The van der Waals surface area contributed by atoms with Crippen LogP contribution in [0.4, 0.5) is 0 Å². The van der Waals surface area contributed by atoms with Crippen LogP contribution in [0.2, 0.25) is 0 Å². The molecule has 2 heterocycles. The summed E-state index contributed by atoms with van der Waals surface area (Å²) in [6, 6.07) is 0. The second kappa shape index (κ2) is 4.57. The van der Waals surface area contributed by atoms with Gasteiger partial charge in [-0.1, -0.05) is 0 Å². The van der Waals surface area contributed by atoms with Gasteiger partial charge in [-0.15, -0.1) is 0 Å². The number of amides is 1. The second-order valence-corrected chi connectivity index (χ2v) is 4.59. The number of rotatable bonds is 0. The Labute approximate surface area is 99.5 Å². The molecule has 0 aliphatic carbocycles. The molecule has 1 aromatic rings. The first-order chi connectivity index (χ1) is 7.76. The van der Waals surface area contributed by atoms with Gasteiger partial charge in [-0.2, -0.15) is 5.10 Å².